The van der Waals surface area contributed by atoms with Crippen LogP contribution in [-0.2, 0) is 23.6 Å². The zero-order valence-corrected chi connectivity index (χ0v) is 34.3. The van der Waals surface area contributed by atoms with E-state index in [-0.39, 0.29) is 28.4 Å². The van der Waals surface area contributed by atoms with Crippen molar-refractivity contribution in [2.75, 3.05) is 11.9 Å². The molecule has 3 heterocycles. The summed E-state index contributed by atoms with van der Waals surface area (Å²) < 4.78 is 29.3. The summed E-state index contributed by atoms with van der Waals surface area (Å²) in [4.78, 5) is 17.5. The lowest BCUT2D eigenvalue weighted by atomic mass is 9.89. The van der Waals surface area contributed by atoms with E-state index < -0.39 is 48.4 Å². The molecule has 264 valence electrons. The molecule has 14 heteroatoms. The number of carbonyl (C=O) groups excluding carboxylic acids is 1. The summed E-state index contributed by atoms with van der Waals surface area (Å²) >= 11 is 0. The number of benzene rings is 1. The highest BCUT2D eigenvalue weighted by Crippen LogP contribution is 2.53. The van der Waals surface area contributed by atoms with Gasteiger partial charge in [-0.15, -0.1) is 0 Å². The Labute approximate surface area is 294 Å². The Kier molecular flexibility index (Phi) is 10.4. The topological polar surface area (TPSA) is 144 Å². The maximum absolute atomic E-state index is 13.1. The Morgan fingerprint density at radius 1 is 0.898 bits per heavy atom. The molecule has 1 aromatic carbocycles. The van der Waals surface area contributed by atoms with Crippen molar-refractivity contribution in [2.45, 2.75) is 121 Å². The molecule has 3 aromatic rings. The van der Waals surface area contributed by atoms with Gasteiger partial charge < -0.3 is 23.3 Å². The number of hydrogen-bond donors (Lipinski definition) is 1. The first-order valence-electron chi connectivity index (χ1n) is 16.7. The van der Waals surface area contributed by atoms with Crippen LogP contribution < -0.4 is 5.32 Å². The lowest BCUT2D eigenvalue weighted by Crippen LogP contribution is -2.59. The maximum atomic E-state index is 13.1. The largest absolute Gasteiger partial charge is 0.413 e. The molecule has 1 fully saturated rings. The number of aromatic nitrogens is 3. The minimum absolute atomic E-state index is 0.101. The fourth-order valence-electron chi connectivity index (χ4n) is 5.13. The molecule has 0 bridgehead atoms. The predicted molar refractivity (Wildman–Crippen MR) is 198 cm³/mol. The number of amides is 1. The van der Waals surface area contributed by atoms with Crippen molar-refractivity contribution in [1.29, 1.82) is 10.5 Å². The maximum Gasteiger partial charge on any atom is 0.256 e. The number of hydrogen-bond acceptors (Lipinski definition) is 9. The highest BCUT2D eigenvalue weighted by Gasteiger charge is 2.69. The summed E-state index contributed by atoms with van der Waals surface area (Å²) in [6, 6.07) is 17.2. The molecule has 1 aliphatic rings. The van der Waals surface area contributed by atoms with Crippen LogP contribution in [0, 0.1) is 22.7 Å². The van der Waals surface area contributed by atoms with Gasteiger partial charge in [0.25, 0.3) is 5.91 Å². The fourth-order valence-corrected chi connectivity index (χ4v) is 8.36. The van der Waals surface area contributed by atoms with E-state index in [0.29, 0.717) is 16.8 Å². The zero-order valence-electron chi connectivity index (χ0n) is 31.3. The van der Waals surface area contributed by atoms with Gasteiger partial charge in [-0.3, -0.25) is 4.79 Å². The molecule has 4 rings (SSSR count). The third-order valence-corrected chi connectivity index (χ3v) is 20.0. The summed E-state index contributed by atoms with van der Waals surface area (Å²) in [5, 5.41) is 29.4. The number of nitrogens with one attached hydrogen (secondary N) is 1. The number of nitrogens with zero attached hydrogens (tertiary/aromatic N) is 5. The molecule has 1 unspecified atom stereocenters. The normalized spacial score (nSPS) is 23.7. The number of anilines is 1. The Morgan fingerprint density at radius 3 is 1.98 bits per heavy atom. The monoisotopic (exact) mass is 720 g/mol. The van der Waals surface area contributed by atoms with Gasteiger partial charge >= 0.3 is 0 Å². The third kappa shape index (κ3) is 7.46. The van der Waals surface area contributed by atoms with Crippen LogP contribution in [0.25, 0.3) is 5.52 Å². The van der Waals surface area contributed by atoms with Crippen molar-refractivity contribution in [1.82, 2.24) is 14.6 Å². The van der Waals surface area contributed by atoms with Crippen LogP contribution >= 0.6 is 0 Å². The van der Waals surface area contributed by atoms with E-state index in [1.807, 2.05) is 25.7 Å². The van der Waals surface area contributed by atoms with Gasteiger partial charge in [0, 0.05) is 5.56 Å². The Bertz CT molecular complexity index is 1760. The van der Waals surface area contributed by atoms with Crippen LogP contribution in [0.3, 0.4) is 0 Å². The van der Waals surface area contributed by atoms with E-state index in [0.717, 1.165) is 0 Å². The molecular weight excluding hydrogens is 669 g/mol. The SMILES string of the molecule is CC(C)(C)[Si](C)(C)O[C@@H]1[C@H](O[Si](C)(C)C(C)(C)C)C(C#N)(CO[Si](C)(C)C)O[C@@]1(C#N)c1ccc2c(NC(=O)c3ccccc3)ncnn12. The molecule has 1 saturated heterocycles. The summed E-state index contributed by atoms with van der Waals surface area (Å²) in [6.07, 6.45) is -0.697. The van der Waals surface area contributed by atoms with Gasteiger partial charge in [0.1, 0.15) is 36.2 Å². The molecule has 0 aliphatic carbocycles. The number of rotatable bonds is 10. The van der Waals surface area contributed by atoms with E-state index in [1.165, 1.54) is 10.8 Å². The van der Waals surface area contributed by atoms with Crippen molar-refractivity contribution in [2.24, 2.45) is 0 Å². The average Bonchev–Trinajstić information content (AvgIpc) is 3.54. The first kappa shape index (κ1) is 38.6. The number of ether oxygens (including phenoxy) is 1. The van der Waals surface area contributed by atoms with Crippen molar-refractivity contribution in [3.05, 3.63) is 60.0 Å². The van der Waals surface area contributed by atoms with E-state index in [9.17, 15) is 15.3 Å². The summed E-state index contributed by atoms with van der Waals surface area (Å²) in [5.74, 6) is -0.0873. The lowest BCUT2D eigenvalue weighted by molar-refractivity contribution is -0.0971. The van der Waals surface area contributed by atoms with Gasteiger partial charge in [-0.05, 0) is 80.2 Å². The minimum atomic E-state index is -2.66. The third-order valence-electron chi connectivity index (χ3n) is 10.1. The van der Waals surface area contributed by atoms with Crippen LogP contribution in [0.15, 0.2) is 48.8 Å². The number of carbonyl (C=O) groups is 1. The molecule has 1 aliphatic heterocycles. The van der Waals surface area contributed by atoms with E-state index >= 15 is 0 Å². The number of fused-ring (bicyclic) bond motifs is 1. The van der Waals surface area contributed by atoms with Crippen molar-refractivity contribution >= 4 is 42.2 Å². The molecule has 0 saturated carbocycles. The zero-order chi connectivity index (χ0) is 36.8. The molecular formula is C35H52N6O5Si3. The Balaban J connectivity index is 1.99. The first-order valence-corrected chi connectivity index (χ1v) is 25.9. The minimum Gasteiger partial charge on any atom is -0.413 e. The second-order valence-corrected chi connectivity index (χ2v) is 30.9. The van der Waals surface area contributed by atoms with Crippen molar-refractivity contribution in [3.63, 3.8) is 0 Å². The molecule has 11 nitrogen and oxygen atoms in total. The summed E-state index contributed by atoms with van der Waals surface area (Å²) in [5.41, 5.74) is -2.31. The number of nitriles is 2. The van der Waals surface area contributed by atoms with E-state index in [1.54, 1.807) is 36.4 Å². The molecule has 2 aromatic heterocycles. The fraction of sp³-hybridized carbons (Fsp3) is 0.571. The molecule has 0 spiro atoms. The molecule has 1 N–H and O–H groups in total. The van der Waals surface area contributed by atoms with Gasteiger partial charge in [-0.25, -0.2) is 9.50 Å². The van der Waals surface area contributed by atoms with Crippen LogP contribution in [0.1, 0.15) is 57.6 Å². The average molecular weight is 721 g/mol. The lowest BCUT2D eigenvalue weighted by Gasteiger charge is -2.45. The highest BCUT2D eigenvalue weighted by molar-refractivity contribution is 6.74. The summed E-state index contributed by atoms with van der Waals surface area (Å²) in [7, 11) is -7.46. The van der Waals surface area contributed by atoms with E-state index in [4.69, 9.17) is 18.0 Å². The molecule has 0 radical (unpaired) electrons. The van der Waals surface area contributed by atoms with Gasteiger partial charge in [-0.1, -0.05) is 59.7 Å². The standard InChI is InChI=1S/C35H52N6O5Si3/c1-32(2,3)48(10,11)44-28-29(45-49(12,13)33(4,5)6)35(22-37,46-34(28,21-36)23-43-47(7,8)9)27-20-19-26-30(38-24-39-41(26)27)40-31(42)25-17-15-14-16-18-25/h14-20,24,28-29H,23H2,1-13H3,(H,38,39,40,42)/t28-,29+,34?,35-/m0/s1. The second-order valence-electron chi connectivity index (χ2n) is 16.9. The highest BCUT2D eigenvalue weighted by atomic mass is 28.4. The first-order chi connectivity index (χ1) is 22.4. The molecule has 49 heavy (non-hydrogen) atoms. The quantitative estimate of drug-likeness (QED) is 0.209. The summed E-state index contributed by atoms with van der Waals surface area (Å²) in [6.45, 7) is 27.2. The van der Waals surface area contributed by atoms with Crippen molar-refractivity contribution < 1.29 is 22.8 Å². The van der Waals surface area contributed by atoms with Crippen LogP contribution in [0.2, 0.25) is 55.9 Å². The smallest absolute Gasteiger partial charge is 0.256 e. The van der Waals surface area contributed by atoms with E-state index in [2.05, 4.69) is 95.3 Å². The second kappa shape index (κ2) is 13.2. The Morgan fingerprint density at radius 2 is 1.47 bits per heavy atom. The van der Waals surface area contributed by atoms with Gasteiger partial charge in [0.05, 0.1) is 12.3 Å². The van der Waals surface area contributed by atoms with Gasteiger partial charge in [0.2, 0.25) is 11.2 Å². The van der Waals surface area contributed by atoms with Crippen LogP contribution in [0.5, 0.6) is 0 Å². The van der Waals surface area contributed by atoms with Gasteiger partial charge in [0.15, 0.2) is 30.8 Å². The van der Waals surface area contributed by atoms with Crippen LogP contribution in [-0.4, -0.2) is 69.9 Å². The van der Waals surface area contributed by atoms with Crippen LogP contribution in [0.4, 0.5) is 5.82 Å². The van der Waals surface area contributed by atoms with Gasteiger partial charge in [-0.2, -0.15) is 15.6 Å². The Hall–Kier alpha value is -3.22. The molecule has 4 atom stereocenters. The molecule has 1 amide bonds. The predicted octanol–water partition coefficient (Wildman–Crippen LogP) is 7.63. The van der Waals surface area contributed by atoms with Crippen molar-refractivity contribution in [3.8, 4) is 12.1 Å².